The summed E-state index contributed by atoms with van der Waals surface area (Å²) >= 11 is 0. The van der Waals surface area contributed by atoms with Crippen LogP contribution < -0.4 is 0 Å². The molecule has 0 radical (unpaired) electrons. The SMILES string of the molecule is CCC/C=C(/CC)C1OCC(CO)O1. The molecule has 0 saturated carbocycles. The highest BCUT2D eigenvalue weighted by Crippen LogP contribution is 2.21. The number of allylic oxidation sites excluding steroid dienone is 1. The van der Waals surface area contributed by atoms with Crippen molar-refractivity contribution < 1.29 is 14.6 Å². The Bertz CT molecular complexity index is 189. The molecule has 1 saturated heterocycles. The van der Waals surface area contributed by atoms with Gasteiger partial charge < -0.3 is 14.6 Å². The lowest BCUT2D eigenvalue weighted by Gasteiger charge is -2.13. The van der Waals surface area contributed by atoms with Gasteiger partial charge >= 0.3 is 0 Å². The van der Waals surface area contributed by atoms with Crippen molar-refractivity contribution in [3.05, 3.63) is 11.6 Å². The number of hydrogen-bond acceptors (Lipinski definition) is 3. The molecule has 0 bridgehead atoms. The van der Waals surface area contributed by atoms with Crippen LogP contribution in [-0.4, -0.2) is 30.7 Å². The number of rotatable bonds is 5. The van der Waals surface area contributed by atoms with Crippen LogP contribution in [0.3, 0.4) is 0 Å². The average Bonchev–Trinajstić information content (AvgIpc) is 2.68. The highest BCUT2D eigenvalue weighted by molar-refractivity contribution is 5.06. The Labute approximate surface area is 85.7 Å². The van der Waals surface area contributed by atoms with Crippen molar-refractivity contribution in [1.82, 2.24) is 0 Å². The minimum atomic E-state index is -0.219. The van der Waals surface area contributed by atoms with Crippen molar-refractivity contribution in [1.29, 1.82) is 0 Å². The Kier molecular flexibility index (Phi) is 5.15. The maximum absolute atomic E-state index is 8.89. The molecule has 2 unspecified atom stereocenters. The van der Waals surface area contributed by atoms with E-state index >= 15 is 0 Å². The van der Waals surface area contributed by atoms with Crippen LogP contribution in [0.4, 0.5) is 0 Å². The van der Waals surface area contributed by atoms with Gasteiger partial charge in [-0.05, 0) is 18.4 Å². The highest BCUT2D eigenvalue weighted by Gasteiger charge is 2.27. The number of hydrogen-bond donors (Lipinski definition) is 1. The van der Waals surface area contributed by atoms with Gasteiger partial charge in [-0.1, -0.05) is 26.3 Å². The van der Waals surface area contributed by atoms with Crippen LogP contribution >= 0.6 is 0 Å². The Morgan fingerprint density at radius 1 is 1.50 bits per heavy atom. The summed E-state index contributed by atoms with van der Waals surface area (Å²) in [5, 5.41) is 8.89. The molecule has 0 aromatic rings. The van der Waals surface area contributed by atoms with E-state index in [1.807, 2.05) is 0 Å². The second kappa shape index (κ2) is 6.17. The number of ether oxygens (including phenoxy) is 2. The van der Waals surface area contributed by atoms with Gasteiger partial charge in [-0.25, -0.2) is 0 Å². The monoisotopic (exact) mass is 200 g/mol. The van der Waals surface area contributed by atoms with Gasteiger partial charge in [0.25, 0.3) is 0 Å². The molecule has 82 valence electrons. The van der Waals surface area contributed by atoms with Gasteiger partial charge in [-0.15, -0.1) is 0 Å². The molecular formula is C11H20O3. The van der Waals surface area contributed by atoms with Gasteiger partial charge in [0.2, 0.25) is 0 Å². The lowest BCUT2D eigenvalue weighted by atomic mass is 10.1. The fourth-order valence-electron chi connectivity index (χ4n) is 1.48. The first-order chi connectivity index (χ1) is 6.81. The van der Waals surface area contributed by atoms with Crippen LogP contribution in [0, 0.1) is 0 Å². The first-order valence-corrected chi connectivity index (χ1v) is 5.38. The third-order valence-electron chi connectivity index (χ3n) is 2.36. The van der Waals surface area contributed by atoms with Gasteiger partial charge in [0, 0.05) is 0 Å². The topological polar surface area (TPSA) is 38.7 Å². The highest BCUT2D eigenvalue weighted by atomic mass is 16.7. The quantitative estimate of drug-likeness (QED) is 0.688. The van der Waals surface area contributed by atoms with Crippen LogP contribution in [0.1, 0.15) is 33.1 Å². The molecule has 14 heavy (non-hydrogen) atoms. The largest absolute Gasteiger partial charge is 0.394 e. The van der Waals surface area contributed by atoms with Gasteiger partial charge in [0.1, 0.15) is 6.10 Å². The van der Waals surface area contributed by atoms with E-state index in [1.54, 1.807) is 0 Å². The van der Waals surface area contributed by atoms with Crippen molar-refractivity contribution in [2.75, 3.05) is 13.2 Å². The lowest BCUT2D eigenvalue weighted by Crippen LogP contribution is -2.17. The zero-order valence-electron chi connectivity index (χ0n) is 9.03. The second-order valence-corrected chi connectivity index (χ2v) is 3.53. The molecule has 1 rings (SSSR count). The summed E-state index contributed by atoms with van der Waals surface area (Å²) in [7, 11) is 0. The standard InChI is InChI=1S/C11H20O3/c1-3-5-6-9(4-2)11-13-8-10(7-12)14-11/h6,10-12H,3-5,7-8H2,1-2H3/b9-6-. The molecular weight excluding hydrogens is 180 g/mol. The molecule has 0 aromatic heterocycles. The number of unbranched alkanes of at least 4 members (excludes halogenated alkanes) is 1. The molecule has 1 fully saturated rings. The Balaban J connectivity index is 2.46. The predicted molar refractivity (Wildman–Crippen MR) is 55.0 cm³/mol. The van der Waals surface area contributed by atoms with Crippen LogP contribution in [0.2, 0.25) is 0 Å². The van der Waals surface area contributed by atoms with Crippen molar-refractivity contribution >= 4 is 0 Å². The number of aliphatic hydroxyl groups excluding tert-OH is 1. The normalized spacial score (nSPS) is 28.4. The fraction of sp³-hybridized carbons (Fsp3) is 0.818. The zero-order valence-corrected chi connectivity index (χ0v) is 9.03. The summed E-state index contributed by atoms with van der Waals surface area (Å²) in [6, 6.07) is 0. The smallest absolute Gasteiger partial charge is 0.180 e. The molecule has 0 aromatic carbocycles. The molecule has 1 aliphatic heterocycles. The van der Waals surface area contributed by atoms with Crippen LogP contribution in [0.25, 0.3) is 0 Å². The first kappa shape index (κ1) is 11.7. The molecule has 1 heterocycles. The summed E-state index contributed by atoms with van der Waals surface area (Å²) in [5.74, 6) is 0. The summed E-state index contributed by atoms with van der Waals surface area (Å²) in [6.45, 7) is 4.79. The Morgan fingerprint density at radius 2 is 2.29 bits per heavy atom. The average molecular weight is 200 g/mol. The Hall–Kier alpha value is -0.380. The molecule has 3 nitrogen and oxygen atoms in total. The van der Waals surface area contributed by atoms with Gasteiger partial charge in [0.15, 0.2) is 6.29 Å². The van der Waals surface area contributed by atoms with Crippen LogP contribution in [-0.2, 0) is 9.47 Å². The van der Waals surface area contributed by atoms with Crippen molar-refractivity contribution in [2.45, 2.75) is 45.5 Å². The summed E-state index contributed by atoms with van der Waals surface area (Å²) in [6.07, 6.45) is 4.98. The van der Waals surface area contributed by atoms with E-state index < -0.39 is 0 Å². The van der Waals surface area contributed by atoms with E-state index in [0.29, 0.717) is 6.61 Å². The van der Waals surface area contributed by atoms with E-state index in [-0.39, 0.29) is 19.0 Å². The number of aliphatic hydroxyl groups is 1. The van der Waals surface area contributed by atoms with Gasteiger partial charge in [-0.3, -0.25) is 0 Å². The van der Waals surface area contributed by atoms with E-state index in [9.17, 15) is 0 Å². The van der Waals surface area contributed by atoms with Crippen molar-refractivity contribution in [2.24, 2.45) is 0 Å². The Morgan fingerprint density at radius 3 is 2.79 bits per heavy atom. The summed E-state index contributed by atoms with van der Waals surface area (Å²) in [5.41, 5.74) is 1.20. The van der Waals surface area contributed by atoms with E-state index in [1.165, 1.54) is 5.57 Å². The molecule has 1 aliphatic rings. The molecule has 0 aliphatic carbocycles. The predicted octanol–water partition coefficient (Wildman–Crippen LogP) is 1.86. The fourth-order valence-corrected chi connectivity index (χ4v) is 1.48. The maximum atomic E-state index is 8.89. The van der Waals surface area contributed by atoms with Gasteiger partial charge in [0.05, 0.1) is 13.2 Å². The lowest BCUT2D eigenvalue weighted by molar-refractivity contribution is -0.0397. The van der Waals surface area contributed by atoms with Gasteiger partial charge in [-0.2, -0.15) is 0 Å². The molecule has 1 N–H and O–H groups in total. The zero-order chi connectivity index (χ0) is 10.4. The molecule has 0 spiro atoms. The van der Waals surface area contributed by atoms with E-state index in [0.717, 1.165) is 19.3 Å². The second-order valence-electron chi connectivity index (χ2n) is 3.53. The van der Waals surface area contributed by atoms with E-state index in [2.05, 4.69) is 19.9 Å². The molecule has 3 heteroatoms. The molecule has 0 amide bonds. The third-order valence-corrected chi connectivity index (χ3v) is 2.36. The minimum absolute atomic E-state index is 0.0429. The third kappa shape index (κ3) is 3.08. The minimum Gasteiger partial charge on any atom is -0.394 e. The van der Waals surface area contributed by atoms with Crippen molar-refractivity contribution in [3.63, 3.8) is 0 Å². The summed E-state index contributed by atoms with van der Waals surface area (Å²) < 4.78 is 11.0. The maximum Gasteiger partial charge on any atom is 0.180 e. The summed E-state index contributed by atoms with van der Waals surface area (Å²) in [4.78, 5) is 0. The van der Waals surface area contributed by atoms with Crippen molar-refractivity contribution in [3.8, 4) is 0 Å². The van der Waals surface area contributed by atoms with Crippen LogP contribution in [0.15, 0.2) is 11.6 Å². The van der Waals surface area contributed by atoms with Crippen LogP contribution in [0.5, 0.6) is 0 Å². The molecule has 2 atom stereocenters. The first-order valence-electron chi connectivity index (χ1n) is 5.38. The van der Waals surface area contributed by atoms with E-state index in [4.69, 9.17) is 14.6 Å².